The molecule has 0 atom stereocenters. The monoisotopic (exact) mass is 547 g/mol. The number of nitrogens with one attached hydrogen (secondary N) is 2. The first-order chi connectivity index (χ1) is 18.5. The fourth-order valence-corrected chi connectivity index (χ4v) is 5.12. The van der Waals surface area contributed by atoms with E-state index in [2.05, 4.69) is 32.1 Å². The van der Waals surface area contributed by atoms with Crippen molar-refractivity contribution >= 4 is 50.0 Å². The van der Waals surface area contributed by atoms with Crippen molar-refractivity contribution in [1.82, 2.24) is 19.4 Å². The number of fused-ring (bicyclic) bond motifs is 1. The summed E-state index contributed by atoms with van der Waals surface area (Å²) in [7, 11) is -3.55. The van der Waals surface area contributed by atoms with Crippen molar-refractivity contribution in [3.05, 3.63) is 67.0 Å². The molecule has 1 saturated heterocycles. The van der Waals surface area contributed by atoms with Gasteiger partial charge in [0.25, 0.3) is 0 Å². The third kappa shape index (κ3) is 5.68. The number of sulfonamides is 1. The number of hydrogen-bond acceptors (Lipinski definition) is 7. The maximum Gasteiger partial charge on any atom is 0.237 e. The van der Waals surface area contributed by atoms with Gasteiger partial charge in [-0.25, -0.2) is 13.4 Å². The highest BCUT2D eigenvalue weighted by atomic mass is 32.2. The lowest BCUT2D eigenvalue weighted by Crippen LogP contribution is -2.48. The second-order valence-corrected chi connectivity index (χ2v) is 13.0. The molecule has 3 heterocycles. The molecule has 10 nitrogen and oxygen atoms in total. The van der Waals surface area contributed by atoms with Gasteiger partial charge in [0.05, 0.1) is 10.4 Å². The van der Waals surface area contributed by atoms with Crippen LogP contribution in [0.3, 0.4) is 0 Å². The van der Waals surface area contributed by atoms with Crippen molar-refractivity contribution in [1.29, 1.82) is 0 Å². The summed E-state index contributed by atoms with van der Waals surface area (Å²) in [4.78, 5) is 24.9. The van der Waals surface area contributed by atoms with Crippen LogP contribution in [0.5, 0.6) is 0 Å². The molecule has 1 fully saturated rings. The van der Waals surface area contributed by atoms with Gasteiger partial charge >= 0.3 is 0 Å². The molecule has 1 amide bonds. The lowest BCUT2D eigenvalue weighted by Gasteiger charge is -2.35. The molecule has 1 aliphatic rings. The van der Waals surface area contributed by atoms with Gasteiger partial charge in [-0.2, -0.15) is 4.98 Å². The topological polar surface area (TPSA) is 112 Å². The number of carbonyl (C=O) groups is 1. The lowest BCUT2D eigenvalue weighted by atomic mass is 10.2. The number of hydrogen-bond donors (Lipinski definition) is 2. The standard InChI is InChI=1S/C28H33N7O3S/c1-20(36)33-14-16-34(17-15-33)24-10-8-22(9-11-24)30-27-29-19-21-12-13-35(26(21)31-27)25-7-5-6-23(18-25)32-39(37,38)28(2,3)4/h5-13,18-19,32H,14-17H2,1-4H3,(H,29,30,31). The largest absolute Gasteiger partial charge is 0.368 e. The van der Waals surface area contributed by atoms with Crippen LogP contribution in [0.2, 0.25) is 0 Å². The zero-order valence-electron chi connectivity index (χ0n) is 22.5. The van der Waals surface area contributed by atoms with Crippen molar-refractivity contribution in [2.45, 2.75) is 32.4 Å². The van der Waals surface area contributed by atoms with E-state index in [0.29, 0.717) is 17.3 Å². The molecule has 0 saturated carbocycles. The predicted molar refractivity (Wildman–Crippen MR) is 155 cm³/mol. The Labute approximate surface area is 228 Å². The Morgan fingerprint density at radius 1 is 0.923 bits per heavy atom. The second kappa shape index (κ2) is 10.2. The first-order valence-corrected chi connectivity index (χ1v) is 14.3. The first kappa shape index (κ1) is 26.5. The maximum atomic E-state index is 12.6. The molecule has 39 heavy (non-hydrogen) atoms. The van der Waals surface area contributed by atoms with E-state index < -0.39 is 14.8 Å². The third-order valence-electron chi connectivity index (χ3n) is 6.82. The minimum atomic E-state index is -3.55. The average molecular weight is 548 g/mol. The number of benzene rings is 2. The number of nitrogens with zero attached hydrogens (tertiary/aromatic N) is 5. The van der Waals surface area contributed by atoms with Crippen LogP contribution < -0.4 is 14.9 Å². The number of anilines is 4. The van der Waals surface area contributed by atoms with E-state index in [1.807, 2.05) is 46.0 Å². The van der Waals surface area contributed by atoms with E-state index in [1.165, 1.54) is 0 Å². The normalized spacial score (nSPS) is 14.5. The molecule has 4 aromatic rings. The Kier molecular flexibility index (Phi) is 6.94. The molecule has 0 radical (unpaired) electrons. The smallest absolute Gasteiger partial charge is 0.237 e. The molecule has 0 aliphatic carbocycles. The van der Waals surface area contributed by atoms with Crippen molar-refractivity contribution in [3.63, 3.8) is 0 Å². The highest BCUT2D eigenvalue weighted by molar-refractivity contribution is 7.94. The summed E-state index contributed by atoms with van der Waals surface area (Å²) in [6.45, 7) is 9.67. The fourth-order valence-electron chi connectivity index (χ4n) is 4.38. The number of piperazine rings is 1. The summed E-state index contributed by atoms with van der Waals surface area (Å²) in [6.07, 6.45) is 3.65. The van der Waals surface area contributed by atoms with Crippen LogP contribution >= 0.6 is 0 Å². The Hall–Kier alpha value is -4.12. The molecule has 204 valence electrons. The number of carbonyl (C=O) groups excluding carboxylic acids is 1. The van der Waals surface area contributed by atoms with Crippen molar-refractivity contribution in [2.75, 3.05) is 41.1 Å². The number of aromatic nitrogens is 3. The van der Waals surface area contributed by atoms with Crippen LogP contribution in [-0.2, 0) is 14.8 Å². The van der Waals surface area contributed by atoms with Crippen molar-refractivity contribution < 1.29 is 13.2 Å². The van der Waals surface area contributed by atoms with E-state index >= 15 is 0 Å². The first-order valence-electron chi connectivity index (χ1n) is 12.8. The minimum Gasteiger partial charge on any atom is -0.368 e. The quantitative estimate of drug-likeness (QED) is 0.369. The van der Waals surface area contributed by atoms with Gasteiger partial charge in [-0.05, 0) is 69.3 Å². The van der Waals surface area contributed by atoms with Crippen LogP contribution in [0.1, 0.15) is 27.7 Å². The molecule has 2 aromatic heterocycles. The summed E-state index contributed by atoms with van der Waals surface area (Å²) in [6, 6.07) is 17.2. The van der Waals surface area contributed by atoms with Gasteiger partial charge in [-0.3, -0.25) is 9.52 Å². The van der Waals surface area contributed by atoms with E-state index in [1.54, 1.807) is 46.0 Å². The van der Waals surface area contributed by atoms with E-state index in [4.69, 9.17) is 4.98 Å². The van der Waals surface area contributed by atoms with Gasteiger partial charge in [0.1, 0.15) is 5.65 Å². The highest BCUT2D eigenvalue weighted by Gasteiger charge is 2.29. The van der Waals surface area contributed by atoms with Gasteiger partial charge < -0.3 is 19.7 Å². The van der Waals surface area contributed by atoms with Crippen LogP contribution in [0.25, 0.3) is 16.7 Å². The van der Waals surface area contributed by atoms with E-state index in [-0.39, 0.29) is 5.91 Å². The summed E-state index contributed by atoms with van der Waals surface area (Å²) in [5.74, 6) is 0.574. The summed E-state index contributed by atoms with van der Waals surface area (Å²) < 4.78 is 28.9. The summed E-state index contributed by atoms with van der Waals surface area (Å²) in [5, 5.41) is 4.14. The molecular weight excluding hydrogens is 514 g/mol. The number of amides is 1. The molecule has 0 spiro atoms. The van der Waals surface area contributed by atoms with Gasteiger partial charge in [-0.15, -0.1) is 0 Å². The fraction of sp³-hybridized carbons (Fsp3) is 0.321. The van der Waals surface area contributed by atoms with Crippen LogP contribution in [-0.4, -0.2) is 64.7 Å². The van der Waals surface area contributed by atoms with E-state index in [0.717, 1.165) is 48.6 Å². The van der Waals surface area contributed by atoms with Crippen LogP contribution in [0.4, 0.5) is 23.0 Å². The Morgan fingerprint density at radius 3 is 2.31 bits per heavy atom. The Morgan fingerprint density at radius 2 is 1.64 bits per heavy atom. The van der Waals surface area contributed by atoms with Gasteiger partial charge in [-0.1, -0.05) is 6.07 Å². The van der Waals surface area contributed by atoms with Crippen molar-refractivity contribution in [3.8, 4) is 5.69 Å². The molecule has 5 rings (SSSR count). The molecular formula is C28H33N7O3S. The number of rotatable bonds is 6. The zero-order chi connectivity index (χ0) is 27.8. The zero-order valence-corrected chi connectivity index (χ0v) is 23.4. The van der Waals surface area contributed by atoms with Gasteiger partial charge in [0.2, 0.25) is 21.9 Å². The predicted octanol–water partition coefficient (Wildman–Crippen LogP) is 4.37. The van der Waals surface area contributed by atoms with Gasteiger partial charge in [0, 0.05) is 67.9 Å². The van der Waals surface area contributed by atoms with Crippen LogP contribution in [0.15, 0.2) is 67.0 Å². The molecule has 2 N–H and O–H groups in total. The molecule has 2 aromatic carbocycles. The average Bonchev–Trinajstić information content (AvgIpc) is 3.32. The van der Waals surface area contributed by atoms with Crippen molar-refractivity contribution in [2.24, 2.45) is 0 Å². The SMILES string of the molecule is CC(=O)N1CCN(c2ccc(Nc3ncc4ccn(-c5cccc(NS(=O)(=O)C(C)(C)C)c5)c4n3)cc2)CC1. The molecule has 11 heteroatoms. The highest BCUT2D eigenvalue weighted by Crippen LogP contribution is 2.26. The Balaban J connectivity index is 1.33. The summed E-state index contributed by atoms with van der Waals surface area (Å²) in [5.41, 5.74) is 3.92. The third-order valence-corrected chi connectivity index (χ3v) is 8.94. The van der Waals surface area contributed by atoms with E-state index in [9.17, 15) is 13.2 Å². The lowest BCUT2D eigenvalue weighted by molar-refractivity contribution is -0.129. The Bertz CT molecular complexity index is 1600. The second-order valence-electron chi connectivity index (χ2n) is 10.6. The minimum absolute atomic E-state index is 0.121. The van der Waals surface area contributed by atoms with Gasteiger partial charge in [0.15, 0.2) is 0 Å². The molecule has 0 unspecified atom stereocenters. The molecule has 1 aliphatic heterocycles. The summed E-state index contributed by atoms with van der Waals surface area (Å²) >= 11 is 0. The van der Waals surface area contributed by atoms with Crippen LogP contribution in [0, 0.1) is 0 Å². The maximum absolute atomic E-state index is 12.6. The molecule has 0 bridgehead atoms.